The monoisotopic (exact) mass is 329 g/mol. The summed E-state index contributed by atoms with van der Waals surface area (Å²) in [5.41, 5.74) is -0.0280. The molecule has 1 aromatic heterocycles. The highest BCUT2D eigenvalue weighted by molar-refractivity contribution is 7.89. The van der Waals surface area contributed by atoms with Crippen LogP contribution in [0.15, 0.2) is 39.8 Å². The van der Waals surface area contributed by atoms with Crippen molar-refractivity contribution in [2.75, 3.05) is 0 Å². The van der Waals surface area contributed by atoms with E-state index in [1.54, 1.807) is 12.1 Å². The van der Waals surface area contributed by atoms with E-state index in [0.717, 1.165) is 0 Å². The number of hydrogen-bond acceptors (Lipinski definition) is 4. The highest BCUT2D eigenvalue weighted by Crippen LogP contribution is 2.24. The van der Waals surface area contributed by atoms with Crippen molar-refractivity contribution >= 4 is 27.6 Å². The lowest BCUT2D eigenvalue weighted by Crippen LogP contribution is -2.24. The van der Waals surface area contributed by atoms with Gasteiger partial charge in [0.15, 0.2) is 0 Å². The third-order valence-corrected chi connectivity index (χ3v) is 4.61. The predicted molar refractivity (Wildman–Crippen MR) is 75.9 cm³/mol. The second-order valence-corrected chi connectivity index (χ2v) is 6.46. The fourth-order valence-corrected chi connectivity index (χ4v) is 3.38. The van der Waals surface area contributed by atoms with Gasteiger partial charge in [0.25, 0.3) is 0 Å². The maximum atomic E-state index is 12.3. The Balaban J connectivity index is 2.37. The minimum absolute atomic E-state index is 0.0380. The summed E-state index contributed by atoms with van der Waals surface area (Å²) in [5, 5.41) is 9.11. The number of rotatable bonds is 5. The lowest BCUT2D eigenvalue weighted by molar-refractivity contribution is 0.0696. The molecule has 1 aromatic carbocycles. The van der Waals surface area contributed by atoms with Crippen LogP contribution in [0.1, 0.15) is 21.7 Å². The van der Waals surface area contributed by atoms with Gasteiger partial charge in [-0.1, -0.05) is 11.6 Å². The first-order chi connectivity index (χ1) is 9.81. The number of carboxylic acids is 1. The normalized spacial score (nSPS) is 11.5. The van der Waals surface area contributed by atoms with Crippen LogP contribution in [0.4, 0.5) is 0 Å². The first-order valence-corrected chi connectivity index (χ1v) is 7.73. The van der Waals surface area contributed by atoms with Gasteiger partial charge in [-0.05, 0) is 36.8 Å². The highest BCUT2D eigenvalue weighted by Gasteiger charge is 2.22. The van der Waals surface area contributed by atoms with E-state index in [0.29, 0.717) is 5.76 Å². The molecule has 0 saturated carbocycles. The standard InChI is InChI=1S/C13H12ClNO5S/c1-8-11(13(16)17)5-9(14)6-12(8)21(18,19)15-7-10-3-2-4-20-10/h2-6,15H,7H2,1H3,(H,16,17). The molecule has 112 valence electrons. The molecule has 8 heteroatoms. The summed E-state index contributed by atoms with van der Waals surface area (Å²) in [7, 11) is -3.90. The first-order valence-electron chi connectivity index (χ1n) is 5.87. The summed E-state index contributed by atoms with van der Waals surface area (Å²) in [6, 6.07) is 5.69. The van der Waals surface area contributed by atoms with Crippen LogP contribution in [0.5, 0.6) is 0 Å². The van der Waals surface area contributed by atoms with Crippen LogP contribution < -0.4 is 4.72 Å². The Kier molecular flexibility index (Phi) is 4.36. The average Bonchev–Trinajstić information content (AvgIpc) is 2.91. The zero-order valence-electron chi connectivity index (χ0n) is 11.0. The van der Waals surface area contributed by atoms with Crippen LogP contribution in [0.2, 0.25) is 5.02 Å². The molecule has 2 aromatic rings. The summed E-state index contributed by atoms with van der Waals surface area (Å²) in [4.78, 5) is 10.9. The minimum atomic E-state index is -3.90. The van der Waals surface area contributed by atoms with Crippen LogP contribution >= 0.6 is 11.6 Å². The van der Waals surface area contributed by atoms with Gasteiger partial charge in [-0.2, -0.15) is 0 Å². The SMILES string of the molecule is Cc1c(C(=O)O)cc(Cl)cc1S(=O)(=O)NCc1ccco1. The van der Waals surface area contributed by atoms with Crippen molar-refractivity contribution in [3.63, 3.8) is 0 Å². The lowest BCUT2D eigenvalue weighted by Gasteiger charge is -2.11. The molecule has 1 heterocycles. The molecule has 0 fully saturated rings. The Bertz CT molecular complexity index is 768. The maximum absolute atomic E-state index is 12.3. The molecule has 0 aliphatic carbocycles. The maximum Gasteiger partial charge on any atom is 0.336 e. The van der Waals surface area contributed by atoms with Crippen LogP contribution in [-0.4, -0.2) is 19.5 Å². The molecule has 21 heavy (non-hydrogen) atoms. The van der Waals surface area contributed by atoms with E-state index in [1.165, 1.54) is 25.3 Å². The van der Waals surface area contributed by atoms with Gasteiger partial charge in [0.05, 0.1) is 23.3 Å². The minimum Gasteiger partial charge on any atom is -0.478 e. The van der Waals surface area contributed by atoms with Gasteiger partial charge in [-0.25, -0.2) is 17.9 Å². The van der Waals surface area contributed by atoms with Gasteiger partial charge < -0.3 is 9.52 Å². The fraction of sp³-hybridized carbons (Fsp3) is 0.154. The second kappa shape index (κ2) is 5.88. The van der Waals surface area contributed by atoms with E-state index < -0.39 is 16.0 Å². The Labute approximate surface area is 126 Å². The molecule has 0 spiro atoms. The van der Waals surface area contributed by atoms with E-state index in [-0.39, 0.29) is 27.6 Å². The number of sulfonamides is 1. The number of nitrogens with one attached hydrogen (secondary N) is 1. The summed E-state index contributed by atoms with van der Waals surface area (Å²) >= 11 is 5.80. The third-order valence-electron chi connectivity index (χ3n) is 2.86. The number of furan rings is 1. The van der Waals surface area contributed by atoms with Crippen LogP contribution in [0.25, 0.3) is 0 Å². The molecule has 0 unspecified atom stereocenters. The van der Waals surface area contributed by atoms with Gasteiger partial charge in [-0.3, -0.25) is 0 Å². The van der Waals surface area contributed by atoms with Crippen molar-refractivity contribution < 1.29 is 22.7 Å². The van der Waals surface area contributed by atoms with Crippen LogP contribution in [0.3, 0.4) is 0 Å². The smallest absolute Gasteiger partial charge is 0.336 e. The summed E-state index contributed by atoms with van der Waals surface area (Å²) in [6.45, 7) is 1.38. The number of carbonyl (C=O) groups is 1. The van der Waals surface area contributed by atoms with Crippen molar-refractivity contribution in [1.82, 2.24) is 4.72 Å². The molecule has 0 atom stereocenters. The van der Waals surface area contributed by atoms with Gasteiger partial charge in [0.1, 0.15) is 5.76 Å². The Morgan fingerprint density at radius 1 is 1.43 bits per heavy atom. The molecule has 0 aliphatic heterocycles. The predicted octanol–water partition coefficient (Wildman–Crippen LogP) is 2.42. The van der Waals surface area contributed by atoms with Crippen LogP contribution in [0, 0.1) is 6.92 Å². The van der Waals surface area contributed by atoms with Gasteiger partial charge in [-0.15, -0.1) is 0 Å². The quantitative estimate of drug-likeness (QED) is 0.878. The van der Waals surface area contributed by atoms with Gasteiger partial charge >= 0.3 is 5.97 Å². The van der Waals surface area contributed by atoms with E-state index in [4.69, 9.17) is 21.1 Å². The number of halogens is 1. The van der Waals surface area contributed by atoms with Crippen molar-refractivity contribution in [3.05, 3.63) is 52.4 Å². The molecule has 0 aliphatic rings. The van der Waals surface area contributed by atoms with Crippen molar-refractivity contribution in [2.24, 2.45) is 0 Å². The van der Waals surface area contributed by atoms with Crippen molar-refractivity contribution in [3.8, 4) is 0 Å². The van der Waals surface area contributed by atoms with E-state index in [1.807, 2.05) is 0 Å². The van der Waals surface area contributed by atoms with Crippen molar-refractivity contribution in [2.45, 2.75) is 18.4 Å². The zero-order valence-corrected chi connectivity index (χ0v) is 12.5. The lowest BCUT2D eigenvalue weighted by atomic mass is 10.1. The largest absolute Gasteiger partial charge is 0.478 e. The Morgan fingerprint density at radius 2 is 2.14 bits per heavy atom. The summed E-state index contributed by atoms with van der Waals surface area (Å²) in [5.74, 6) is -0.797. The van der Waals surface area contributed by atoms with E-state index >= 15 is 0 Å². The average molecular weight is 330 g/mol. The molecular weight excluding hydrogens is 318 g/mol. The molecule has 0 amide bonds. The Morgan fingerprint density at radius 3 is 2.71 bits per heavy atom. The molecule has 0 bridgehead atoms. The number of hydrogen-bond donors (Lipinski definition) is 2. The number of carboxylic acid groups (broad SMARTS) is 1. The number of benzene rings is 1. The molecular formula is C13H12ClNO5S. The fourth-order valence-electron chi connectivity index (χ4n) is 1.81. The molecule has 0 saturated heterocycles. The number of aromatic carboxylic acids is 1. The van der Waals surface area contributed by atoms with E-state index in [2.05, 4.69) is 4.72 Å². The zero-order chi connectivity index (χ0) is 15.6. The van der Waals surface area contributed by atoms with E-state index in [9.17, 15) is 13.2 Å². The topological polar surface area (TPSA) is 96.6 Å². The van der Waals surface area contributed by atoms with Crippen LogP contribution in [-0.2, 0) is 16.6 Å². The molecule has 6 nitrogen and oxygen atoms in total. The summed E-state index contributed by atoms with van der Waals surface area (Å²) < 4.78 is 31.9. The highest BCUT2D eigenvalue weighted by atomic mass is 35.5. The molecule has 0 radical (unpaired) electrons. The van der Waals surface area contributed by atoms with Crippen molar-refractivity contribution in [1.29, 1.82) is 0 Å². The van der Waals surface area contributed by atoms with Gasteiger partial charge in [0, 0.05) is 5.02 Å². The summed E-state index contributed by atoms with van der Waals surface area (Å²) in [6.07, 6.45) is 1.43. The molecule has 2 N–H and O–H groups in total. The van der Waals surface area contributed by atoms with Gasteiger partial charge in [0.2, 0.25) is 10.0 Å². The molecule has 2 rings (SSSR count). The Hall–Kier alpha value is -1.83. The third kappa shape index (κ3) is 3.44. The first kappa shape index (κ1) is 15.6. The second-order valence-electron chi connectivity index (χ2n) is 4.29.